The lowest BCUT2D eigenvalue weighted by atomic mass is 10.1. The highest BCUT2D eigenvalue weighted by molar-refractivity contribution is 5.91. The third-order valence-electron chi connectivity index (χ3n) is 4.52. The normalized spacial score (nSPS) is 20.5. The maximum atomic E-state index is 12.1. The highest BCUT2D eigenvalue weighted by Crippen LogP contribution is 2.18. The van der Waals surface area contributed by atoms with Crippen molar-refractivity contribution in [3.05, 3.63) is 47.7 Å². The number of carbonyl (C=O) groups is 2. The Balaban J connectivity index is 1.43. The summed E-state index contributed by atoms with van der Waals surface area (Å²) in [6.45, 7) is 2.58. The lowest BCUT2D eigenvalue weighted by molar-refractivity contribution is -0.127. The molecular weight excluding hydrogens is 304 g/mol. The van der Waals surface area contributed by atoms with Crippen molar-refractivity contribution in [2.45, 2.75) is 25.7 Å². The van der Waals surface area contributed by atoms with Crippen molar-refractivity contribution in [3.8, 4) is 0 Å². The van der Waals surface area contributed by atoms with Crippen molar-refractivity contribution >= 4 is 11.8 Å². The molecular formula is C19H24N2O3. The van der Waals surface area contributed by atoms with Crippen LogP contribution in [0.4, 0.5) is 0 Å². The van der Waals surface area contributed by atoms with Crippen LogP contribution in [0.3, 0.4) is 0 Å². The maximum Gasteiger partial charge on any atom is 0.286 e. The van der Waals surface area contributed by atoms with Gasteiger partial charge in [0, 0.05) is 32.0 Å². The summed E-state index contributed by atoms with van der Waals surface area (Å²) in [6, 6.07) is 10.2. The Labute approximate surface area is 142 Å². The van der Waals surface area contributed by atoms with Gasteiger partial charge in [0.05, 0.1) is 6.61 Å². The first kappa shape index (κ1) is 16.6. The zero-order valence-electron chi connectivity index (χ0n) is 13.9. The minimum absolute atomic E-state index is 0.162. The highest BCUT2D eigenvalue weighted by atomic mass is 16.5. The Morgan fingerprint density at radius 2 is 2.12 bits per heavy atom. The molecule has 1 atom stereocenters. The molecule has 0 saturated carbocycles. The van der Waals surface area contributed by atoms with E-state index in [9.17, 15) is 9.59 Å². The van der Waals surface area contributed by atoms with E-state index >= 15 is 0 Å². The summed E-state index contributed by atoms with van der Waals surface area (Å²) in [5.74, 6) is 0.621. The van der Waals surface area contributed by atoms with E-state index in [-0.39, 0.29) is 17.7 Å². The number of allylic oxidation sites excluding steroid dienone is 1. The van der Waals surface area contributed by atoms with Crippen LogP contribution in [0.15, 0.2) is 42.2 Å². The summed E-state index contributed by atoms with van der Waals surface area (Å²) in [5.41, 5.74) is 1.24. The minimum Gasteiger partial charge on any atom is -0.488 e. The van der Waals surface area contributed by atoms with Crippen LogP contribution in [-0.4, -0.2) is 43.0 Å². The van der Waals surface area contributed by atoms with Gasteiger partial charge in [-0.15, -0.1) is 0 Å². The number of carbonyl (C=O) groups excluding carboxylic acids is 2. The van der Waals surface area contributed by atoms with Gasteiger partial charge in [0.25, 0.3) is 5.91 Å². The van der Waals surface area contributed by atoms with E-state index in [0.717, 1.165) is 25.8 Å². The molecule has 1 saturated heterocycles. The van der Waals surface area contributed by atoms with Crippen molar-refractivity contribution < 1.29 is 14.3 Å². The van der Waals surface area contributed by atoms with E-state index < -0.39 is 0 Å². The molecule has 1 aromatic rings. The number of amides is 2. The zero-order chi connectivity index (χ0) is 16.8. The van der Waals surface area contributed by atoms with E-state index in [4.69, 9.17) is 4.74 Å². The number of nitrogens with zero attached hydrogens (tertiary/aromatic N) is 1. The summed E-state index contributed by atoms with van der Waals surface area (Å²) >= 11 is 0. The Hall–Kier alpha value is -2.30. The number of hydrogen-bond acceptors (Lipinski definition) is 3. The maximum absolute atomic E-state index is 12.1. The topological polar surface area (TPSA) is 58.6 Å². The van der Waals surface area contributed by atoms with E-state index in [0.29, 0.717) is 31.9 Å². The highest BCUT2D eigenvalue weighted by Gasteiger charge is 2.29. The van der Waals surface area contributed by atoms with Gasteiger partial charge in [-0.3, -0.25) is 9.59 Å². The summed E-state index contributed by atoms with van der Waals surface area (Å²) in [6.07, 6.45) is 5.06. The largest absolute Gasteiger partial charge is 0.488 e. The molecule has 128 valence electrons. The monoisotopic (exact) mass is 328 g/mol. The standard InChI is InChI=1S/C19H24N2O3/c22-18-12-16(13-20-19(23)17-8-4-5-11-24-17)14-21(18)10-9-15-6-2-1-3-7-15/h1-3,6-8,16H,4-5,9-14H2,(H,20,23). The predicted octanol–water partition coefficient (Wildman–Crippen LogP) is 1.89. The molecule has 24 heavy (non-hydrogen) atoms. The molecule has 5 nitrogen and oxygen atoms in total. The molecule has 2 heterocycles. The van der Waals surface area contributed by atoms with Gasteiger partial charge in [0.2, 0.25) is 5.91 Å². The summed E-state index contributed by atoms with van der Waals surface area (Å²) in [4.78, 5) is 26.1. The summed E-state index contributed by atoms with van der Waals surface area (Å²) in [5, 5.41) is 2.90. The Morgan fingerprint density at radius 1 is 1.29 bits per heavy atom. The fourth-order valence-corrected chi connectivity index (χ4v) is 3.16. The molecule has 1 fully saturated rings. The number of hydrogen-bond donors (Lipinski definition) is 1. The molecule has 5 heteroatoms. The molecule has 1 N–H and O–H groups in total. The molecule has 0 bridgehead atoms. The average Bonchev–Trinajstić information content (AvgIpc) is 2.99. The van der Waals surface area contributed by atoms with Crippen molar-refractivity contribution in [1.29, 1.82) is 0 Å². The summed E-state index contributed by atoms with van der Waals surface area (Å²) < 4.78 is 5.36. The van der Waals surface area contributed by atoms with Crippen molar-refractivity contribution in [3.63, 3.8) is 0 Å². The molecule has 1 aromatic carbocycles. The summed E-state index contributed by atoms with van der Waals surface area (Å²) in [7, 11) is 0. The van der Waals surface area contributed by atoms with E-state index in [1.165, 1.54) is 5.56 Å². The van der Waals surface area contributed by atoms with Gasteiger partial charge in [-0.2, -0.15) is 0 Å². The Morgan fingerprint density at radius 3 is 2.88 bits per heavy atom. The Kier molecular flexibility index (Phi) is 5.51. The predicted molar refractivity (Wildman–Crippen MR) is 91.1 cm³/mol. The van der Waals surface area contributed by atoms with Crippen molar-refractivity contribution in [2.75, 3.05) is 26.2 Å². The third-order valence-corrected chi connectivity index (χ3v) is 4.52. The van der Waals surface area contributed by atoms with Crippen LogP contribution in [-0.2, 0) is 20.7 Å². The molecule has 0 aliphatic carbocycles. The lowest BCUT2D eigenvalue weighted by Crippen LogP contribution is -2.33. The van der Waals surface area contributed by atoms with Crippen LogP contribution >= 0.6 is 0 Å². The van der Waals surface area contributed by atoms with Crippen LogP contribution in [0.25, 0.3) is 0 Å². The number of benzene rings is 1. The fourth-order valence-electron chi connectivity index (χ4n) is 3.16. The second-order valence-electron chi connectivity index (χ2n) is 6.41. The third kappa shape index (κ3) is 4.37. The molecule has 2 aliphatic heterocycles. The fraction of sp³-hybridized carbons (Fsp3) is 0.474. The molecule has 2 amide bonds. The lowest BCUT2D eigenvalue weighted by Gasteiger charge is -2.18. The van der Waals surface area contributed by atoms with Gasteiger partial charge in [0.15, 0.2) is 5.76 Å². The molecule has 2 aliphatic rings. The van der Waals surface area contributed by atoms with E-state index in [2.05, 4.69) is 17.4 Å². The zero-order valence-corrected chi connectivity index (χ0v) is 13.9. The molecule has 0 spiro atoms. The molecule has 0 radical (unpaired) electrons. The average molecular weight is 328 g/mol. The first-order valence-electron chi connectivity index (χ1n) is 8.65. The van der Waals surface area contributed by atoms with Gasteiger partial charge >= 0.3 is 0 Å². The second-order valence-corrected chi connectivity index (χ2v) is 6.41. The van der Waals surface area contributed by atoms with Gasteiger partial charge in [-0.25, -0.2) is 0 Å². The van der Waals surface area contributed by atoms with Crippen LogP contribution in [0.2, 0.25) is 0 Å². The quantitative estimate of drug-likeness (QED) is 0.867. The number of nitrogens with one attached hydrogen (secondary N) is 1. The van der Waals surface area contributed by atoms with Gasteiger partial charge in [-0.1, -0.05) is 30.3 Å². The SMILES string of the molecule is O=C(NCC1CC(=O)N(CCc2ccccc2)C1)C1=CCCCO1. The van der Waals surface area contributed by atoms with Gasteiger partial charge in [-0.05, 0) is 30.9 Å². The first-order valence-corrected chi connectivity index (χ1v) is 8.65. The molecule has 1 unspecified atom stereocenters. The van der Waals surface area contributed by atoms with E-state index in [1.54, 1.807) is 0 Å². The second kappa shape index (κ2) is 7.99. The van der Waals surface area contributed by atoms with Crippen LogP contribution < -0.4 is 5.32 Å². The molecule has 0 aromatic heterocycles. The minimum atomic E-state index is -0.162. The first-order chi connectivity index (χ1) is 11.7. The van der Waals surface area contributed by atoms with E-state index in [1.807, 2.05) is 29.2 Å². The van der Waals surface area contributed by atoms with Crippen molar-refractivity contribution in [1.82, 2.24) is 10.2 Å². The van der Waals surface area contributed by atoms with Crippen LogP contribution in [0, 0.1) is 5.92 Å². The number of likely N-dealkylation sites (tertiary alicyclic amines) is 1. The molecule has 3 rings (SSSR count). The van der Waals surface area contributed by atoms with Crippen LogP contribution in [0.1, 0.15) is 24.8 Å². The van der Waals surface area contributed by atoms with Gasteiger partial charge in [0.1, 0.15) is 0 Å². The number of ether oxygens (including phenoxy) is 1. The van der Waals surface area contributed by atoms with Gasteiger partial charge < -0.3 is 15.0 Å². The number of rotatable bonds is 6. The smallest absolute Gasteiger partial charge is 0.286 e. The van der Waals surface area contributed by atoms with Crippen molar-refractivity contribution in [2.24, 2.45) is 5.92 Å². The van der Waals surface area contributed by atoms with Crippen LogP contribution in [0.5, 0.6) is 0 Å². The Bertz CT molecular complexity index is 612.